The molecule has 21 heavy (non-hydrogen) atoms. The van der Waals surface area contributed by atoms with Gasteiger partial charge in [0.05, 0.1) is 0 Å². The lowest BCUT2D eigenvalue weighted by molar-refractivity contribution is 0.0683. The smallest absolute Gasteiger partial charge is 0.126 e. The van der Waals surface area contributed by atoms with Crippen LogP contribution in [0.4, 0.5) is 10.1 Å². The molecule has 0 heterocycles. The summed E-state index contributed by atoms with van der Waals surface area (Å²) in [5.41, 5.74) is 8.89. The number of hydrogen-bond acceptors (Lipinski definition) is 3. The molecule has 1 atom stereocenters. The molecule has 1 aromatic carbocycles. The predicted octanol–water partition coefficient (Wildman–Crippen LogP) is 3.07. The van der Waals surface area contributed by atoms with E-state index in [2.05, 4.69) is 30.9 Å². The fourth-order valence-electron chi connectivity index (χ4n) is 3.24. The molecule has 0 aliphatic heterocycles. The molecule has 1 saturated carbocycles. The quantitative estimate of drug-likeness (QED) is 0.905. The first-order valence-electron chi connectivity index (χ1n) is 7.71. The summed E-state index contributed by atoms with van der Waals surface area (Å²) in [6, 6.07) is 3.35. The second kappa shape index (κ2) is 5.93. The number of benzene rings is 1. The normalized spacial score (nSPS) is 18.5. The molecule has 1 fully saturated rings. The van der Waals surface area contributed by atoms with Gasteiger partial charge in [0.25, 0.3) is 0 Å². The van der Waals surface area contributed by atoms with Gasteiger partial charge in [-0.15, -0.1) is 0 Å². The maximum absolute atomic E-state index is 13.8. The summed E-state index contributed by atoms with van der Waals surface area (Å²) < 4.78 is 13.8. The zero-order valence-corrected chi connectivity index (χ0v) is 13.9. The van der Waals surface area contributed by atoms with Crippen molar-refractivity contribution in [2.75, 3.05) is 32.6 Å². The van der Waals surface area contributed by atoms with E-state index in [4.69, 9.17) is 5.73 Å². The fraction of sp³-hybridized carbons (Fsp3) is 0.647. The standard InChI is InChI=1S/C17H28FN3/c1-12-9-16(14(13(2)19)10-15(12)18)21(5)11-17(20(3)4)7-6-8-17/h9-10,13H,6-8,11,19H2,1-5H3. The van der Waals surface area contributed by atoms with E-state index in [1.54, 1.807) is 6.07 Å². The van der Waals surface area contributed by atoms with E-state index < -0.39 is 0 Å². The summed E-state index contributed by atoms with van der Waals surface area (Å²) in [6.07, 6.45) is 3.73. The van der Waals surface area contributed by atoms with E-state index in [1.807, 2.05) is 19.9 Å². The van der Waals surface area contributed by atoms with E-state index in [0.717, 1.165) is 17.8 Å². The van der Waals surface area contributed by atoms with Crippen LogP contribution in [-0.2, 0) is 0 Å². The highest BCUT2D eigenvalue weighted by atomic mass is 19.1. The van der Waals surface area contributed by atoms with Crippen LogP contribution in [0.1, 0.15) is 43.4 Å². The zero-order chi connectivity index (χ0) is 15.8. The molecule has 1 aliphatic rings. The van der Waals surface area contributed by atoms with Gasteiger partial charge in [-0.3, -0.25) is 0 Å². The molecular formula is C17H28FN3. The molecule has 0 saturated heterocycles. The van der Waals surface area contributed by atoms with Gasteiger partial charge in [0, 0.05) is 30.9 Å². The van der Waals surface area contributed by atoms with Gasteiger partial charge < -0.3 is 15.5 Å². The van der Waals surface area contributed by atoms with Gasteiger partial charge in [-0.1, -0.05) is 0 Å². The van der Waals surface area contributed by atoms with Crippen molar-refractivity contribution in [3.05, 3.63) is 29.1 Å². The van der Waals surface area contributed by atoms with Gasteiger partial charge in [-0.25, -0.2) is 4.39 Å². The summed E-state index contributed by atoms with van der Waals surface area (Å²) in [6.45, 7) is 4.67. The predicted molar refractivity (Wildman–Crippen MR) is 87.3 cm³/mol. The number of aryl methyl sites for hydroxylation is 1. The molecule has 3 nitrogen and oxygen atoms in total. The molecule has 0 aromatic heterocycles. The molecule has 0 spiro atoms. The van der Waals surface area contributed by atoms with Crippen molar-refractivity contribution in [2.24, 2.45) is 5.73 Å². The lowest BCUT2D eigenvalue weighted by Crippen LogP contribution is -2.56. The van der Waals surface area contributed by atoms with E-state index >= 15 is 0 Å². The van der Waals surface area contributed by atoms with Crippen molar-refractivity contribution in [1.29, 1.82) is 0 Å². The average molecular weight is 293 g/mol. The molecule has 2 N–H and O–H groups in total. The monoisotopic (exact) mass is 293 g/mol. The summed E-state index contributed by atoms with van der Waals surface area (Å²) in [5.74, 6) is -0.176. The third-order valence-corrected chi connectivity index (χ3v) is 4.97. The number of nitrogens with zero attached hydrogens (tertiary/aromatic N) is 2. The van der Waals surface area contributed by atoms with Crippen LogP contribution in [0, 0.1) is 12.7 Å². The van der Waals surface area contributed by atoms with Crippen molar-refractivity contribution in [1.82, 2.24) is 4.90 Å². The Morgan fingerprint density at radius 2 is 1.90 bits per heavy atom. The lowest BCUT2D eigenvalue weighted by Gasteiger charge is -2.49. The van der Waals surface area contributed by atoms with Crippen molar-refractivity contribution in [3.63, 3.8) is 0 Å². The Hall–Kier alpha value is -1.13. The molecule has 118 valence electrons. The minimum absolute atomic E-state index is 0.172. The minimum Gasteiger partial charge on any atom is -0.372 e. The fourth-order valence-corrected chi connectivity index (χ4v) is 3.24. The Bertz CT molecular complexity index is 507. The van der Waals surface area contributed by atoms with E-state index in [9.17, 15) is 4.39 Å². The van der Waals surface area contributed by atoms with Crippen LogP contribution >= 0.6 is 0 Å². The van der Waals surface area contributed by atoms with Crippen LogP contribution in [-0.4, -0.2) is 38.1 Å². The zero-order valence-electron chi connectivity index (χ0n) is 13.9. The summed E-state index contributed by atoms with van der Waals surface area (Å²) >= 11 is 0. The van der Waals surface area contributed by atoms with Crippen LogP contribution in [0.2, 0.25) is 0 Å². The summed E-state index contributed by atoms with van der Waals surface area (Å²) in [7, 11) is 6.38. The van der Waals surface area contributed by atoms with Crippen LogP contribution in [0.3, 0.4) is 0 Å². The number of nitrogens with two attached hydrogens (primary N) is 1. The SMILES string of the molecule is Cc1cc(N(C)CC2(N(C)C)CCC2)c(C(C)N)cc1F. The maximum Gasteiger partial charge on any atom is 0.126 e. The Kier molecular flexibility index (Phi) is 4.59. The average Bonchev–Trinajstić information content (AvgIpc) is 2.35. The van der Waals surface area contributed by atoms with E-state index in [0.29, 0.717) is 5.56 Å². The van der Waals surface area contributed by atoms with Gasteiger partial charge >= 0.3 is 0 Å². The van der Waals surface area contributed by atoms with Crippen LogP contribution in [0.5, 0.6) is 0 Å². The summed E-state index contributed by atoms with van der Waals surface area (Å²) in [4.78, 5) is 4.57. The Morgan fingerprint density at radius 1 is 1.29 bits per heavy atom. The van der Waals surface area contributed by atoms with Gasteiger partial charge in [-0.2, -0.15) is 0 Å². The van der Waals surface area contributed by atoms with Gasteiger partial charge in [0.15, 0.2) is 0 Å². The van der Waals surface area contributed by atoms with E-state index in [1.165, 1.54) is 19.3 Å². The van der Waals surface area contributed by atoms with Crippen molar-refractivity contribution < 1.29 is 4.39 Å². The molecule has 0 bridgehead atoms. The van der Waals surface area contributed by atoms with Gasteiger partial charge in [-0.05, 0) is 70.5 Å². The molecule has 0 amide bonds. The number of halogens is 1. The largest absolute Gasteiger partial charge is 0.372 e. The molecule has 1 aromatic rings. The van der Waals surface area contributed by atoms with Crippen LogP contribution < -0.4 is 10.6 Å². The number of likely N-dealkylation sites (N-methyl/N-ethyl adjacent to an activating group) is 2. The Labute approximate surface area is 127 Å². The minimum atomic E-state index is -0.176. The van der Waals surface area contributed by atoms with Gasteiger partial charge in [0.1, 0.15) is 5.82 Å². The van der Waals surface area contributed by atoms with Crippen molar-refractivity contribution in [2.45, 2.75) is 44.7 Å². The molecule has 0 radical (unpaired) electrons. The van der Waals surface area contributed by atoms with Crippen LogP contribution in [0.25, 0.3) is 0 Å². The molecule has 2 rings (SSSR count). The first-order chi connectivity index (χ1) is 9.77. The van der Waals surface area contributed by atoms with Gasteiger partial charge in [0.2, 0.25) is 0 Å². The lowest BCUT2D eigenvalue weighted by atomic mass is 9.75. The third-order valence-electron chi connectivity index (χ3n) is 4.97. The van der Waals surface area contributed by atoms with Crippen molar-refractivity contribution in [3.8, 4) is 0 Å². The first-order valence-corrected chi connectivity index (χ1v) is 7.71. The molecule has 4 heteroatoms. The highest BCUT2D eigenvalue weighted by Crippen LogP contribution is 2.38. The second-order valence-corrected chi connectivity index (χ2v) is 6.78. The Morgan fingerprint density at radius 3 is 2.33 bits per heavy atom. The van der Waals surface area contributed by atoms with Crippen LogP contribution in [0.15, 0.2) is 12.1 Å². The highest BCUT2D eigenvalue weighted by molar-refractivity contribution is 5.57. The number of hydrogen-bond donors (Lipinski definition) is 1. The van der Waals surface area contributed by atoms with E-state index in [-0.39, 0.29) is 17.4 Å². The summed E-state index contributed by atoms with van der Waals surface area (Å²) in [5, 5.41) is 0. The topological polar surface area (TPSA) is 32.5 Å². The number of anilines is 1. The highest BCUT2D eigenvalue weighted by Gasteiger charge is 2.40. The molecule has 1 unspecified atom stereocenters. The van der Waals surface area contributed by atoms with Crippen molar-refractivity contribution >= 4 is 5.69 Å². The molecule has 1 aliphatic carbocycles. The Balaban J connectivity index is 2.30. The molecular weight excluding hydrogens is 265 g/mol. The second-order valence-electron chi connectivity index (χ2n) is 6.78. The first kappa shape index (κ1) is 16.2. The maximum atomic E-state index is 13.8. The third kappa shape index (κ3) is 3.06. The number of rotatable bonds is 5.